The van der Waals surface area contributed by atoms with Crippen LogP contribution in [0.5, 0.6) is 0 Å². The Morgan fingerprint density at radius 1 is 1.28 bits per heavy atom. The summed E-state index contributed by atoms with van der Waals surface area (Å²) in [5.74, 6) is 0.198. The molecular formula is C17H28O. The van der Waals surface area contributed by atoms with E-state index in [1.807, 2.05) is 0 Å². The molecule has 0 N–H and O–H groups in total. The molecule has 1 aliphatic rings. The predicted molar refractivity (Wildman–Crippen MR) is 78.6 cm³/mol. The molecule has 0 aliphatic heterocycles. The number of carbonyl (C=O) groups is 1. The number of allylic oxidation sites excluding steroid dienone is 4. The van der Waals surface area contributed by atoms with Gasteiger partial charge in [0.15, 0.2) is 5.78 Å². The molecule has 0 atom stereocenters. The first-order valence-corrected chi connectivity index (χ1v) is 6.99. The van der Waals surface area contributed by atoms with Crippen molar-refractivity contribution in [3.8, 4) is 0 Å². The normalized spacial score (nSPS) is 21.2. The molecule has 0 saturated heterocycles. The van der Waals surface area contributed by atoms with E-state index in [0.717, 1.165) is 5.57 Å². The van der Waals surface area contributed by atoms with Gasteiger partial charge in [0.05, 0.1) is 0 Å². The van der Waals surface area contributed by atoms with Crippen LogP contribution in [-0.4, -0.2) is 5.78 Å². The molecule has 0 aromatic rings. The number of ketones is 1. The number of hydrogen-bond donors (Lipinski definition) is 0. The molecule has 1 heteroatoms. The van der Waals surface area contributed by atoms with Gasteiger partial charge in [-0.1, -0.05) is 46.3 Å². The monoisotopic (exact) mass is 248 g/mol. The third-order valence-electron chi connectivity index (χ3n) is 4.02. The van der Waals surface area contributed by atoms with Crippen LogP contribution in [0, 0.1) is 10.8 Å². The Balaban J connectivity index is 3.31. The molecule has 1 rings (SSSR count). The van der Waals surface area contributed by atoms with Crippen molar-refractivity contribution in [2.24, 2.45) is 10.8 Å². The number of hydrogen-bond acceptors (Lipinski definition) is 1. The Kier molecular flexibility index (Phi) is 4.25. The van der Waals surface area contributed by atoms with Gasteiger partial charge in [0, 0.05) is 5.57 Å². The molecule has 0 unspecified atom stereocenters. The van der Waals surface area contributed by atoms with Gasteiger partial charge in [-0.2, -0.15) is 0 Å². The summed E-state index contributed by atoms with van der Waals surface area (Å²) in [6.45, 7) is 14.8. The Morgan fingerprint density at radius 3 is 2.22 bits per heavy atom. The van der Waals surface area contributed by atoms with Crippen LogP contribution in [0.3, 0.4) is 0 Å². The van der Waals surface area contributed by atoms with Crippen molar-refractivity contribution in [2.45, 2.75) is 67.7 Å². The van der Waals surface area contributed by atoms with Crippen LogP contribution >= 0.6 is 0 Å². The second-order valence-electron chi connectivity index (χ2n) is 7.30. The van der Waals surface area contributed by atoms with E-state index in [1.165, 1.54) is 30.4 Å². The van der Waals surface area contributed by atoms with E-state index in [2.05, 4.69) is 47.6 Å². The van der Waals surface area contributed by atoms with E-state index in [4.69, 9.17) is 0 Å². The average molecular weight is 248 g/mol. The summed E-state index contributed by atoms with van der Waals surface area (Å²) in [5, 5.41) is 0. The van der Waals surface area contributed by atoms with Gasteiger partial charge in [-0.15, -0.1) is 0 Å². The summed E-state index contributed by atoms with van der Waals surface area (Å²) < 4.78 is 0. The van der Waals surface area contributed by atoms with Gasteiger partial charge in [-0.05, 0) is 49.5 Å². The molecular weight excluding hydrogens is 220 g/mol. The standard InChI is InChI=1S/C17H28O/c1-12-9-8-10-17(6,7)14(12)11-15(13(2)18)16(3,4)5/h11H,8-10H2,1-7H3/b15-11-. The number of rotatable bonds is 2. The summed E-state index contributed by atoms with van der Waals surface area (Å²) in [5.41, 5.74) is 3.91. The van der Waals surface area contributed by atoms with Crippen LogP contribution < -0.4 is 0 Å². The quantitative estimate of drug-likeness (QED) is 0.623. The Hall–Kier alpha value is -0.850. The fourth-order valence-corrected chi connectivity index (χ4v) is 2.95. The van der Waals surface area contributed by atoms with Gasteiger partial charge < -0.3 is 0 Å². The Labute approximate surface area is 112 Å². The number of Topliss-reactive ketones (excluding diaryl/α,β-unsaturated/α-hetero) is 1. The molecule has 0 aromatic carbocycles. The van der Waals surface area contributed by atoms with Gasteiger partial charge in [0.2, 0.25) is 0 Å². The van der Waals surface area contributed by atoms with E-state index in [0.29, 0.717) is 0 Å². The van der Waals surface area contributed by atoms with Crippen LogP contribution in [0.15, 0.2) is 22.8 Å². The summed E-state index contributed by atoms with van der Waals surface area (Å²) >= 11 is 0. The predicted octanol–water partition coefficient (Wildman–Crippen LogP) is 5.07. The minimum absolute atomic E-state index is 0.0767. The van der Waals surface area contributed by atoms with E-state index >= 15 is 0 Å². The summed E-state index contributed by atoms with van der Waals surface area (Å²) in [4.78, 5) is 11.9. The van der Waals surface area contributed by atoms with Gasteiger partial charge in [0.1, 0.15) is 0 Å². The third-order valence-corrected chi connectivity index (χ3v) is 4.02. The molecule has 0 bridgehead atoms. The van der Waals surface area contributed by atoms with E-state index in [9.17, 15) is 4.79 Å². The van der Waals surface area contributed by atoms with Crippen LogP contribution in [0.1, 0.15) is 67.7 Å². The fourth-order valence-electron chi connectivity index (χ4n) is 2.95. The smallest absolute Gasteiger partial charge is 0.156 e. The highest BCUT2D eigenvalue weighted by atomic mass is 16.1. The van der Waals surface area contributed by atoms with Crippen LogP contribution in [0.2, 0.25) is 0 Å². The second kappa shape index (κ2) is 5.03. The maximum Gasteiger partial charge on any atom is 0.156 e. The molecule has 0 heterocycles. The maximum atomic E-state index is 11.9. The first-order chi connectivity index (χ1) is 8.05. The van der Waals surface area contributed by atoms with Crippen molar-refractivity contribution in [1.29, 1.82) is 0 Å². The highest BCUT2D eigenvalue weighted by Gasteiger charge is 2.29. The second-order valence-corrected chi connectivity index (χ2v) is 7.30. The zero-order valence-electron chi connectivity index (χ0n) is 13.1. The molecule has 0 radical (unpaired) electrons. The van der Waals surface area contributed by atoms with Crippen molar-refractivity contribution in [3.63, 3.8) is 0 Å². The van der Waals surface area contributed by atoms with E-state index in [1.54, 1.807) is 6.92 Å². The van der Waals surface area contributed by atoms with E-state index < -0.39 is 0 Å². The van der Waals surface area contributed by atoms with Crippen molar-refractivity contribution in [3.05, 3.63) is 22.8 Å². The van der Waals surface area contributed by atoms with Gasteiger partial charge in [-0.25, -0.2) is 0 Å². The minimum atomic E-state index is -0.0767. The summed E-state index contributed by atoms with van der Waals surface area (Å²) in [6.07, 6.45) is 5.83. The average Bonchev–Trinajstić information content (AvgIpc) is 2.12. The fraction of sp³-hybridized carbons (Fsp3) is 0.706. The third kappa shape index (κ3) is 3.34. The first kappa shape index (κ1) is 15.2. The lowest BCUT2D eigenvalue weighted by Gasteiger charge is -2.34. The van der Waals surface area contributed by atoms with Gasteiger partial charge >= 0.3 is 0 Å². The van der Waals surface area contributed by atoms with Gasteiger partial charge in [-0.3, -0.25) is 4.79 Å². The molecule has 18 heavy (non-hydrogen) atoms. The molecule has 0 spiro atoms. The lowest BCUT2D eigenvalue weighted by molar-refractivity contribution is -0.114. The lowest BCUT2D eigenvalue weighted by atomic mass is 9.70. The Morgan fingerprint density at radius 2 is 1.83 bits per heavy atom. The van der Waals surface area contributed by atoms with Crippen molar-refractivity contribution in [1.82, 2.24) is 0 Å². The van der Waals surface area contributed by atoms with Crippen molar-refractivity contribution in [2.75, 3.05) is 0 Å². The lowest BCUT2D eigenvalue weighted by Crippen LogP contribution is -2.22. The molecule has 0 saturated carbocycles. The molecule has 0 amide bonds. The molecule has 102 valence electrons. The first-order valence-electron chi connectivity index (χ1n) is 6.99. The Bertz CT molecular complexity index is 400. The zero-order valence-corrected chi connectivity index (χ0v) is 13.1. The van der Waals surface area contributed by atoms with Crippen LogP contribution in [0.25, 0.3) is 0 Å². The highest BCUT2D eigenvalue weighted by molar-refractivity contribution is 5.95. The van der Waals surface area contributed by atoms with Crippen molar-refractivity contribution >= 4 is 5.78 Å². The largest absolute Gasteiger partial charge is 0.295 e. The van der Waals surface area contributed by atoms with Crippen LogP contribution in [-0.2, 0) is 4.79 Å². The highest BCUT2D eigenvalue weighted by Crippen LogP contribution is 2.42. The molecule has 0 aromatic heterocycles. The topological polar surface area (TPSA) is 17.1 Å². The summed E-state index contributed by atoms with van der Waals surface area (Å²) in [7, 11) is 0. The number of carbonyl (C=O) groups excluding carboxylic acids is 1. The zero-order chi connectivity index (χ0) is 14.1. The summed E-state index contributed by atoms with van der Waals surface area (Å²) in [6, 6.07) is 0. The molecule has 1 nitrogen and oxygen atoms in total. The van der Waals surface area contributed by atoms with Crippen LogP contribution in [0.4, 0.5) is 0 Å². The van der Waals surface area contributed by atoms with E-state index in [-0.39, 0.29) is 16.6 Å². The maximum absolute atomic E-state index is 11.9. The minimum Gasteiger partial charge on any atom is -0.295 e. The van der Waals surface area contributed by atoms with Gasteiger partial charge in [0.25, 0.3) is 0 Å². The molecule has 0 fully saturated rings. The van der Waals surface area contributed by atoms with Crippen molar-refractivity contribution < 1.29 is 4.79 Å². The SMILES string of the molecule is CC(=O)/C(=C/C1=C(C)CCCC1(C)C)C(C)(C)C. The molecule has 1 aliphatic carbocycles.